The fourth-order valence-corrected chi connectivity index (χ4v) is 1.19. The largest absolute Gasteiger partial charge is 0.460 e. The molecule has 0 N–H and O–H groups in total. The molecule has 84 valence electrons. The molecule has 0 saturated heterocycles. The molecule has 3 nitrogen and oxygen atoms in total. The summed E-state index contributed by atoms with van der Waals surface area (Å²) in [5, 5.41) is 0. The maximum absolute atomic E-state index is 11.4. The molecule has 0 fully saturated rings. The fourth-order valence-electron chi connectivity index (χ4n) is 1.19. The van der Waals surface area contributed by atoms with E-state index in [9.17, 15) is 4.79 Å². The minimum atomic E-state index is -0.393. The Balaban J connectivity index is 2.85. The Morgan fingerprint density at radius 2 is 2.07 bits per heavy atom. The predicted octanol–water partition coefficient (Wildman–Crippen LogP) is 3.14. The van der Waals surface area contributed by atoms with E-state index in [0.717, 1.165) is 12.2 Å². The minimum absolute atomic E-state index is 0.0370. The molecule has 0 atom stereocenters. The van der Waals surface area contributed by atoms with Gasteiger partial charge >= 0.3 is 5.97 Å². The maximum atomic E-state index is 11.4. The highest BCUT2D eigenvalue weighted by Gasteiger charge is 2.23. The van der Waals surface area contributed by atoms with Crippen LogP contribution < -0.4 is 0 Å². The average Bonchev–Trinajstić information content (AvgIpc) is 2.67. The maximum Gasteiger partial charge on any atom is 0.374 e. The van der Waals surface area contributed by atoms with Crippen LogP contribution >= 0.6 is 0 Å². The van der Waals surface area contributed by atoms with Crippen LogP contribution in [0.2, 0.25) is 0 Å². The molecule has 0 unspecified atom stereocenters. The van der Waals surface area contributed by atoms with Gasteiger partial charge in [0.25, 0.3) is 0 Å². The molecule has 15 heavy (non-hydrogen) atoms. The summed E-state index contributed by atoms with van der Waals surface area (Å²) in [5.41, 5.74) is -0.0370. The summed E-state index contributed by atoms with van der Waals surface area (Å²) < 4.78 is 10.3. The Morgan fingerprint density at radius 1 is 1.40 bits per heavy atom. The summed E-state index contributed by atoms with van der Waals surface area (Å²) in [7, 11) is 0. The summed E-state index contributed by atoms with van der Waals surface area (Å²) in [6, 6.07) is 3.51. The first-order chi connectivity index (χ1) is 7.01. The van der Waals surface area contributed by atoms with Crippen molar-refractivity contribution >= 4 is 5.97 Å². The summed E-state index contributed by atoms with van der Waals surface area (Å²) in [6.45, 7) is 8.40. The molecule has 0 aromatic carbocycles. The van der Waals surface area contributed by atoms with E-state index in [-0.39, 0.29) is 11.2 Å². The summed E-state index contributed by atoms with van der Waals surface area (Å²) in [6.07, 6.45) is 0.961. The van der Waals surface area contributed by atoms with Gasteiger partial charge in [0.1, 0.15) is 5.76 Å². The summed E-state index contributed by atoms with van der Waals surface area (Å²) >= 11 is 0. The molecule has 0 amide bonds. The van der Waals surface area contributed by atoms with Gasteiger partial charge in [0.15, 0.2) is 0 Å². The van der Waals surface area contributed by atoms with Crippen LogP contribution in [0.4, 0.5) is 0 Å². The van der Waals surface area contributed by atoms with Crippen LogP contribution in [-0.2, 0) is 10.2 Å². The first-order valence-corrected chi connectivity index (χ1v) is 5.28. The first-order valence-electron chi connectivity index (χ1n) is 5.28. The van der Waals surface area contributed by atoms with Crippen molar-refractivity contribution < 1.29 is 13.9 Å². The highest BCUT2D eigenvalue weighted by Crippen LogP contribution is 2.28. The summed E-state index contributed by atoms with van der Waals surface area (Å²) in [4.78, 5) is 11.4. The van der Waals surface area contributed by atoms with E-state index in [1.165, 1.54) is 0 Å². The van der Waals surface area contributed by atoms with Crippen molar-refractivity contribution in [2.75, 3.05) is 6.61 Å². The van der Waals surface area contributed by atoms with Crippen LogP contribution in [0.1, 0.15) is 50.4 Å². The van der Waals surface area contributed by atoms with Crippen LogP contribution in [-0.4, -0.2) is 12.6 Å². The standard InChI is InChI=1S/C12H18O3/c1-5-12(3,4)10-8-7-9(15-10)11(13)14-6-2/h7-8H,5-6H2,1-4H3. The number of carbonyl (C=O) groups excluding carboxylic acids is 1. The number of hydrogen-bond acceptors (Lipinski definition) is 3. The lowest BCUT2D eigenvalue weighted by Gasteiger charge is -2.18. The molecule has 1 aromatic heterocycles. The van der Waals surface area contributed by atoms with Crippen molar-refractivity contribution in [1.29, 1.82) is 0 Å². The van der Waals surface area contributed by atoms with Gasteiger partial charge in [0.05, 0.1) is 6.61 Å². The number of esters is 1. The Labute approximate surface area is 90.4 Å². The van der Waals surface area contributed by atoms with Gasteiger partial charge in [-0.25, -0.2) is 4.79 Å². The summed E-state index contributed by atoms with van der Waals surface area (Å²) in [5.74, 6) is 0.720. The second kappa shape index (κ2) is 4.51. The molecule has 3 heteroatoms. The lowest BCUT2D eigenvalue weighted by molar-refractivity contribution is 0.0486. The van der Waals surface area contributed by atoms with Crippen LogP contribution in [0.5, 0.6) is 0 Å². The van der Waals surface area contributed by atoms with E-state index in [0.29, 0.717) is 6.61 Å². The van der Waals surface area contributed by atoms with E-state index >= 15 is 0 Å². The molecular weight excluding hydrogens is 192 g/mol. The van der Waals surface area contributed by atoms with Crippen LogP contribution in [0, 0.1) is 0 Å². The Hall–Kier alpha value is -1.25. The van der Waals surface area contributed by atoms with Crippen molar-refractivity contribution in [2.45, 2.75) is 39.5 Å². The molecule has 1 rings (SSSR count). The number of carbonyl (C=O) groups is 1. The number of hydrogen-bond donors (Lipinski definition) is 0. The molecular formula is C12H18O3. The van der Waals surface area contributed by atoms with Crippen LogP contribution in [0.15, 0.2) is 16.5 Å². The fraction of sp³-hybridized carbons (Fsp3) is 0.583. The third-order valence-corrected chi connectivity index (χ3v) is 2.63. The smallest absolute Gasteiger partial charge is 0.374 e. The minimum Gasteiger partial charge on any atom is -0.460 e. The Kier molecular flexibility index (Phi) is 3.56. The molecule has 0 aliphatic carbocycles. The lowest BCUT2D eigenvalue weighted by atomic mass is 9.88. The SMILES string of the molecule is CCOC(=O)c1ccc(C(C)(C)CC)o1. The Morgan fingerprint density at radius 3 is 2.60 bits per heavy atom. The third-order valence-electron chi connectivity index (χ3n) is 2.63. The van der Waals surface area contributed by atoms with Crippen molar-refractivity contribution in [3.05, 3.63) is 23.7 Å². The molecule has 0 aliphatic rings. The number of furan rings is 1. The third kappa shape index (κ3) is 2.61. The van der Waals surface area contributed by atoms with Crippen LogP contribution in [0.25, 0.3) is 0 Å². The van der Waals surface area contributed by atoms with Crippen LogP contribution in [0.3, 0.4) is 0 Å². The van der Waals surface area contributed by atoms with Gasteiger partial charge in [0, 0.05) is 5.41 Å². The zero-order chi connectivity index (χ0) is 11.5. The predicted molar refractivity (Wildman–Crippen MR) is 58.0 cm³/mol. The molecule has 0 spiro atoms. The van der Waals surface area contributed by atoms with E-state index in [1.54, 1.807) is 13.0 Å². The first kappa shape index (κ1) is 11.8. The number of rotatable bonds is 4. The van der Waals surface area contributed by atoms with Crippen molar-refractivity contribution in [2.24, 2.45) is 0 Å². The van der Waals surface area contributed by atoms with E-state index in [1.807, 2.05) is 6.07 Å². The van der Waals surface area contributed by atoms with Gasteiger partial charge in [-0.05, 0) is 25.5 Å². The zero-order valence-electron chi connectivity index (χ0n) is 9.79. The second-order valence-electron chi connectivity index (χ2n) is 4.12. The highest BCUT2D eigenvalue weighted by atomic mass is 16.5. The monoisotopic (exact) mass is 210 g/mol. The molecule has 0 bridgehead atoms. The van der Waals surface area contributed by atoms with Gasteiger partial charge in [0.2, 0.25) is 5.76 Å². The second-order valence-corrected chi connectivity index (χ2v) is 4.12. The van der Waals surface area contributed by atoms with Crippen molar-refractivity contribution in [3.63, 3.8) is 0 Å². The Bertz CT molecular complexity index is 336. The molecule has 0 aliphatic heterocycles. The van der Waals surface area contributed by atoms with E-state index in [4.69, 9.17) is 9.15 Å². The van der Waals surface area contributed by atoms with Gasteiger partial charge in [-0.2, -0.15) is 0 Å². The quantitative estimate of drug-likeness (QED) is 0.717. The molecule has 0 radical (unpaired) electrons. The lowest BCUT2D eigenvalue weighted by Crippen LogP contribution is -2.14. The van der Waals surface area contributed by atoms with Crippen molar-refractivity contribution in [1.82, 2.24) is 0 Å². The molecule has 1 heterocycles. The van der Waals surface area contributed by atoms with E-state index in [2.05, 4.69) is 20.8 Å². The van der Waals surface area contributed by atoms with Crippen molar-refractivity contribution in [3.8, 4) is 0 Å². The normalized spacial score (nSPS) is 11.5. The molecule has 0 saturated carbocycles. The molecule has 1 aromatic rings. The van der Waals surface area contributed by atoms with Gasteiger partial charge in [-0.1, -0.05) is 20.8 Å². The zero-order valence-corrected chi connectivity index (χ0v) is 9.79. The van der Waals surface area contributed by atoms with Gasteiger partial charge in [-0.15, -0.1) is 0 Å². The average molecular weight is 210 g/mol. The van der Waals surface area contributed by atoms with Gasteiger partial charge < -0.3 is 9.15 Å². The highest BCUT2D eigenvalue weighted by molar-refractivity contribution is 5.86. The topological polar surface area (TPSA) is 39.4 Å². The van der Waals surface area contributed by atoms with E-state index < -0.39 is 5.97 Å². The van der Waals surface area contributed by atoms with Gasteiger partial charge in [-0.3, -0.25) is 0 Å². The number of ether oxygens (including phenoxy) is 1.